The lowest BCUT2D eigenvalue weighted by atomic mass is 9.97. The average molecular weight is 451 g/mol. The lowest BCUT2D eigenvalue weighted by Gasteiger charge is -2.31. The number of rotatable bonds is 5. The Balaban J connectivity index is 1.24. The first kappa shape index (κ1) is 20.7. The highest BCUT2D eigenvalue weighted by molar-refractivity contribution is 5.95. The van der Waals surface area contributed by atoms with E-state index < -0.39 is 0 Å². The van der Waals surface area contributed by atoms with Crippen molar-refractivity contribution < 1.29 is 4.42 Å². The van der Waals surface area contributed by atoms with Crippen LogP contribution in [0, 0.1) is 6.92 Å². The highest BCUT2D eigenvalue weighted by Crippen LogP contribution is 2.32. The number of aromatic nitrogens is 5. The van der Waals surface area contributed by atoms with Crippen LogP contribution in [0.3, 0.4) is 0 Å². The Kier molecular flexibility index (Phi) is 5.39. The van der Waals surface area contributed by atoms with Crippen LogP contribution in [0.1, 0.15) is 35.9 Å². The van der Waals surface area contributed by atoms with Crippen LogP contribution in [0.25, 0.3) is 33.6 Å². The molecule has 1 saturated heterocycles. The molecule has 1 unspecified atom stereocenters. The topological polar surface area (TPSA) is 83.7 Å². The third-order valence-corrected chi connectivity index (χ3v) is 6.52. The molecule has 0 spiro atoms. The number of H-pyrrole nitrogens is 1. The molecule has 1 N–H and O–H groups in total. The van der Waals surface area contributed by atoms with E-state index in [1.807, 2.05) is 37.4 Å². The van der Waals surface area contributed by atoms with Crippen LogP contribution in [0.2, 0.25) is 0 Å². The summed E-state index contributed by atoms with van der Waals surface area (Å²) in [5.74, 6) is 1.53. The lowest BCUT2D eigenvalue weighted by Crippen LogP contribution is -2.34. The first-order valence-corrected chi connectivity index (χ1v) is 11.7. The van der Waals surface area contributed by atoms with E-state index in [2.05, 4.69) is 66.7 Å². The third kappa shape index (κ3) is 4.10. The van der Waals surface area contributed by atoms with E-state index in [4.69, 9.17) is 4.42 Å². The average Bonchev–Trinajstić information content (AvgIpc) is 3.52. The molecule has 0 bridgehead atoms. The number of hydrogen-bond acceptors (Lipinski definition) is 6. The minimum atomic E-state index is 0.256. The van der Waals surface area contributed by atoms with Gasteiger partial charge in [0.05, 0.1) is 11.4 Å². The molecule has 1 atom stereocenters. The Morgan fingerprint density at radius 3 is 2.82 bits per heavy atom. The van der Waals surface area contributed by atoms with E-state index in [1.54, 1.807) is 0 Å². The van der Waals surface area contributed by atoms with Crippen molar-refractivity contribution in [1.29, 1.82) is 0 Å². The summed E-state index contributed by atoms with van der Waals surface area (Å²) in [6.07, 6.45) is 4.01. The van der Waals surface area contributed by atoms with Crippen molar-refractivity contribution in [2.24, 2.45) is 0 Å². The van der Waals surface area contributed by atoms with Crippen molar-refractivity contribution >= 4 is 10.9 Å². The number of hydrogen-bond donors (Lipinski definition) is 1. The number of aryl methyl sites for hydroxylation is 1. The molecule has 34 heavy (non-hydrogen) atoms. The molecule has 0 saturated carbocycles. The Labute approximate surface area is 197 Å². The zero-order chi connectivity index (χ0) is 22.9. The fraction of sp³-hybridized carbons (Fsp3) is 0.259. The number of nitrogens with zero attached hydrogens (tertiary/aromatic N) is 5. The van der Waals surface area contributed by atoms with Crippen LogP contribution in [0.5, 0.6) is 0 Å². The van der Waals surface area contributed by atoms with Crippen molar-refractivity contribution in [1.82, 2.24) is 30.3 Å². The SMILES string of the molecule is Cc1cc(-c2n[nH]c3ccc(-c4nnc(C5CCCN(Cc6ccccc6)C5)o4)cc23)ccn1. The summed E-state index contributed by atoms with van der Waals surface area (Å²) >= 11 is 0. The molecule has 7 heteroatoms. The maximum atomic E-state index is 6.21. The second-order valence-electron chi connectivity index (χ2n) is 9.02. The molecule has 4 heterocycles. The number of likely N-dealkylation sites (tertiary alicyclic amines) is 1. The molecule has 2 aromatic carbocycles. The van der Waals surface area contributed by atoms with Gasteiger partial charge in [0, 0.05) is 41.5 Å². The fourth-order valence-corrected chi connectivity index (χ4v) is 4.82. The summed E-state index contributed by atoms with van der Waals surface area (Å²) in [6, 6.07) is 20.7. The van der Waals surface area contributed by atoms with Gasteiger partial charge in [0.25, 0.3) is 0 Å². The Hall–Kier alpha value is -3.84. The summed E-state index contributed by atoms with van der Waals surface area (Å²) in [7, 11) is 0. The van der Waals surface area contributed by atoms with Crippen LogP contribution in [0.15, 0.2) is 71.3 Å². The van der Waals surface area contributed by atoms with Gasteiger partial charge in [-0.15, -0.1) is 10.2 Å². The third-order valence-electron chi connectivity index (χ3n) is 6.52. The number of benzene rings is 2. The summed E-state index contributed by atoms with van der Waals surface area (Å²) in [4.78, 5) is 6.78. The van der Waals surface area contributed by atoms with Gasteiger partial charge in [0.15, 0.2) is 0 Å². The second-order valence-corrected chi connectivity index (χ2v) is 9.02. The molecule has 1 fully saturated rings. The number of nitrogens with one attached hydrogen (secondary N) is 1. The fourth-order valence-electron chi connectivity index (χ4n) is 4.82. The zero-order valence-electron chi connectivity index (χ0n) is 19.1. The first-order valence-electron chi connectivity index (χ1n) is 11.7. The van der Waals surface area contributed by atoms with E-state index >= 15 is 0 Å². The molecule has 1 aliphatic heterocycles. The van der Waals surface area contributed by atoms with Crippen molar-refractivity contribution in [2.75, 3.05) is 13.1 Å². The van der Waals surface area contributed by atoms with Crippen molar-refractivity contribution in [2.45, 2.75) is 32.2 Å². The predicted octanol–water partition coefficient (Wildman–Crippen LogP) is 5.36. The summed E-state index contributed by atoms with van der Waals surface area (Å²) in [5.41, 5.74) is 6.09. The number of pyridine rings is 1. The standard InChI is InChI=1S/C27H26N6O/c1-18-14-20(11-12-28-18)25-23-15-21(9-10-24(23)29-30-25)26-31-32-27(34-26)22-8-5-13-33(17-22)16-19-6-3-2-4-7-19/h2-4,6-7,9-12,14-15,22H,5,8,13,16-17H2,1H3,(H,29,30). The van der Waals surface area contributed by atoms with Gasteiger partial charge in [-0.3, -0.25) is 15.0 Å². The van der Waals surface area contributed by atoms with E-state index in [1.165, 1.54) is 5.56 Å². The quantitative estimate of drug-likeness (QED) is 0.388. The van der Waals surface area contributed by atoms with Crippen molar-refractivity contribution in [3.63, 3.8) is 0 Å². The van der Waals surface area contributed by atoms with Gasteiger partial charge in [-0.05, 0) is 62.2 Å². The maximum Gasteiger partial charge on any atom is 0.247 e. The molecule has 0 amide bonds. The van der Waals surface area contributed by atoms with Gasteiger partial charge in [-0.2, -0.15) is 5.10 Å². The predicted molar refractivity (Wildman–Crippen MR) is 131 cm³/mol. The Morgan fingerprint density at radius 2 is 1.94 bits per heavy atom. The van der Waals surface area contributed by atoms with Gasteiger partial charge in [0.1, 0.15) is 5.69 Å². The zero-order valence-corrected chi connectivity index (χ0v) is 19.1. The number of piperidine rings is 1. The van der Waals surface area contributed by atoms with Crippen LogP contribution in [0.4, 0.5) is 0 Å². The summed E-state index contributed by atoms with van der Waals surface area (Å²) in [5, 5.41) is 17.5. The Morgan fingerprint density at radius 1 is 1.03 bits per heavy atom. The molecule has 0 radical (unpaired) electrons. The van der Waals surface area contributed by atoms with Crippen LogP contribution < -0.4 is 0 Å². The van der Waals surface area contributed by atoms with Crippen LogP contribution >= 0.6 is 0 Å². The van der Waals surface area contributed by atoms with E-state index in [0.29, 0.717) is 5.89 Å². The molecule has 7 nitrogen and oxygen atoms in total. The van der Waals surface area contributed by atoms with Gasteiger partial charge in [-0.25, -0.2) is 0 Å². The number of fused-ring (bicyclic) bond motifs is 1. The highest BCUT2D eigenvalue weighted by atomic mass is 16.4. The second kappa shape index (κ2) is 8.83. The maximum absolute atomic E-state index is 6.21. The molecule has 0 aliphatic carbocycles. The molecular weight excluding hydrogens is 424 g/mol. The highest BCUT2D eigenvalue weighted by Gasteiger charge is 2.26. The van der Waals surface area contributed by atoms with Crippen LogP contribution in [-0.4, -0.2) is 43.4 Å². The lowest BCUT2D eigenvalue weighted by molar-refractivity contribution is 0.186. The van der Waals surface area contributed by atoms with Gasteiger partial charge in [-0.1, -0.05) is 30.3 Å². The largest absolute Gasteiger partial charge is 0.420 e. The summed E-state index contributed by atoms with van der Waals surface area (Å²) < 4.78 is 6.21. The van der Waals surface area contributed by atoms with Gasteiger partial charge in [0.2, 0.25) is 11.8 Å². The molecule has 170 valence electrons. The molecule has 3 aromatic heterocycles. The van der Waals surface area contributed by atoms with Gasteiger partial charge >= 0.3 is 0 Å². The smallest absolute Gasteiger partial charge is 0.247 e. The summed E-state index contributed by atoms with van der Waals surface area (Å²) in [6.45, 7) is 4.96. The molecular formula is C27H26N6O. The van der Waals surface area contributed by atoms with E-state index in [0.717, 1.165) is 71.8 Å². The van der Waals surface area contributed by atoms with Gasteiger partial charge < -0.3 is 4.42 Å². The monoisotopic (exact) mass is 450 g/mol. The molecule has 1 aliphatic rings. The van der Waals surface area contributed by atoms with Crippen LogP contribution in [-0.2, 0) is 6.54 Å². The van der Waals surface area contributed by atoms with E-state index in [-0.39, 0.29) is 5.92 Å². The van der Waals surface area contributed by atoms with E-state index in [9.17, 15) is 0 Å². The van der Waals surface area contributed by atoms with Crippen molar-refractivity contribution in [3.05, 3.63) is 84.0 Å². The minimum absolute atomic E-state index is 0.256. The Bertz CT molecular complexity index is 1420. The first-order chi connectivity index (χ1) is 16.7. The minimum Gasteiger partial charge on any atom is -0.420 e. The normalized spacial score (nSPS) is 16.8. The number of aromatic amines is 1. The molecule has 5 aromatic rings. The van der Waals surface area contributed by atoms with Crippen molar-refractivity contribution in [3.8, 4) is 22.7 Å². The molecule has 6 rings (SSSR count).